The molecule has 0 unspecified atom stereocenters. The Hall–Kier alpha value is -3.22. The molecule has 2 heterocycles. The molecule has 3 rings (SSSR count). The molecule has 0 radical (unpaired) electrons. The normalized spacial score (nSPS) is 10.9. The van der Waals surface area contributed by atoms with Crippen LogP contribution in [0.25, 0.3) is 10.9 Å². The van der Waals surface area contributed by atoms with E-state index in [4.69, 9.17) is 4.74 Å². The molecule has 7 heteroatoms. The summed E-state index contributed by atoms with van der Waals surface area (Å²) in [5.74, 6) is -0.813. The summed E-state index contributed by atoms with van der Waals surface area (Å²) in [7, 11) is 0. The van der Waals surface area contributed by atoms with Crippen LogP contribution in [0.5, 0.6) is 0 Å². The second kappa shape index (κ2) is 6.95. The molecule has 1 aromatic carbocycles. The number of nitrogens with zero attached hydrogens (tertiary/aromatic N) is 2. The van der Waals surface area contributed by atoms with Crippen molar-refractivity contribution < 1.29 is 14.3 Å². The Bertz CT molecular complexity index is 1060. The van der Waals surface area contributed by atoms with Gasteiger partial charge in [0.15, 0.2) is 5.78 Å². The number of H-pyrrole nitrogens is 1. The van der Waals surface area contributed by atoms with E-state index in [1.807, 2.05) is 0 Å². The van der Waals surface area contributed by atoms with Crippen LogP contribution >= 0.6 is 0 Å². The van der Waals surface area contributed by atoms with Crippen molar-refractivity contribution in [2.24, 2.45) is 0 Å². The fourth-order valence-corrected chi connectivity index (χ4v) is 3.09. The number of Topliss-reactive ketones (excluding diaryl/α,β-unsaturated/α-hetero) is 1. The van der Waals surface area contributed by atoms with Gasteiger partial charge in [0.05, 0.1) is 29.4 Å². The first-order valence-electron chi connectivity index (χ1n) is 8.28. The summed E-state index contributed by atoms with van der Waals surface area (Å²) in [6.07, 6.45) is 1.19. The average molecular weight is 353 g/mol. The molecule has 0 aliphatic heterocycles. The minimum atomic E-state index is -0.532. The van der Waals surface area contributed by atoms with Crippen molar-refractivity contribution in [2.75, 3.05) is 6.61 Å². The highest BCUT2D eigenvalue weighted by molar-refractivity contribution is 6.08. The van der Waals surface area contributed by atoms with E-state index in [-0.39, 0.29) is 29.9 Å². The Morgan fingerprint density at radius 1 is 1.15 bits per heavy atom. The van der Waals surface area contributed by atoms with Gasteiger partial charge in [0.1, 0.15) is 6.54 Å². The fraction of sp³-hybridized carbons (Fsp3) is 0.263. The zero-order chi connectivity index (χ0) is 18.8. The van der Waals surface area contributed by atoms with Gasteiger partial charge >= 0.3 is 5.97 Å². The van der Waals surface area contributed by atoms with Crippen LogP contribution in [-0.2, 0) is 11.3 Å². The van der Waals surface area contributed by atoms with Crippen molar-refractivity contribution in [3.05, 3.63) is 63.2 Å². The Labute approximate surface area is 149 Å². The summed E-state index contributed by atoms with van der Waals surface area (Å²) in [5.41, 5.74) is 2.09. The number of aryl methyl sites for hydroxylation is 2. The number of hydrogen-bond acceptors (Lipinski definition) is 5. The van der Waals surface area contributed by atoms with Crippen molar-refractivity contribution in [3.8, 4) is 0 Å². The third-order valence-corrected chi connectivity index (χ3v) is 4.19. The number of para-hydroxylation sites is 1. The first kappa shape index (κ1) is 17.6. The van der Waals surface area contributed by atoms with Gasteiger partial charge in [-0.15, -0.1) is 0 Å². The number of aromatic amines is 1. The summed E-state index contributed by atoms with van der Waals surface area (Å²) in [6, 6.07) is 6.96. The summed E-state index contributed by atoms with van der Waals surface area (Å²) in [5, 5.41) is 4.56. The van der Waals surface area contributed by atoms with E-state index < -0.39 is 5.97 Å². The third kappa shape index (κ3) is 3.03. The first-order valence-corrected chi connectivity index (χ1v) is 8.28. The molecule has 0 spiro atoms. The van der Waals surface area contributed by atoms with Crippen LogP contribution < -0.4 is 5.43 Å². The van der Waals surface area contributed by atoms with Crippen LogP contribution in [0.4, 0.5) is 0 Å². The van der Waals surface area contributed by atoms with Crippen LogP contribution in [0.2, 0.25) is 0 Å². The molecular formula is C19H19N3O4. The maximum Gasteiger partial charge on any atom is 0.340 e. The van der Waals surface area contributed by atoms with Crippen molar-refractivity contribution in [2.45, 2.75) is 27.3 Å². The number of ether oxygens (including phenoxy) is 1. The topological polar surface area (TPSA) is 94.1 Å². The third-order valence-electron chi connectivity index (χ3n) is 4.19. The molecule has 0 amide bonds. The van der Waals surface area contributed by atoms with Crippen molar-refractivity contribution >= 4 is 22.7 Å². The number of fused-ring (bicyclic) bond motifs is 1. The number of ketones is 1. The summed E-state index contributed by atoms with van der Waals surface area (Å²) in [6.45, 7) is 5.31. The van der Waals surface area contributed by atoms with Gasteiger partial charge < -0.3 is 9.72 Å². The number of hydrogen-bond donors (Lipinski definition) is 1. The molecule has 7 nitrogen and oxygen atoms in total. The molecule has 2 aromatic heterocycles. The summed E-state index contributed by atoms with van der Waals surface area (Å²) in [4.78, 5) is 40.2. The molecule has 134 valence electrons. The van der Waals surface area contributed by atoms with Gasteiger partial charge in [-0.05, 0) is 32.9 Å². The highest BCUT2D eigenvalue weighted by atomic mass is 16.5. The lowest BCUT2D eigenvalue weighted by Crippen LogP contribution is -2.20. The molecule has 3 aromatic rings. The van der Waals surface area contributed by atoms with Crippen molar-refractivity contribution in [1.29, 1.82) is 0 Å². The molecule has 1 N–H and O–H groups in total. The summed E-state index contributed by atoms with van der Waals surface area (Å²) >= 11 is 0. The van der Waals surface area contributed by atoms with E-state index in [1.165, 1.54) is 10.9 Å². The smallest absolute Gasteiger partial charge is 0.340 e. The summed E-state index contributed by atoms with van der Waals surface area (Å²) < 4.78 is 6.54. The monoisotopic (exact) mass is 353 g/mol. The Balaban J connectivity index is 2.04. The lowest BCUT2D eigenvalue weighted by molar-refractivity contribution is 0.0522. The number of nitrogens with one attached hydrogen (secondary N) is 1. The Kier molecular flexibility index (Phi) is 4.71. The Morgan fingerprint density at radius 3 is 2.58 bits per heavy atom. The SMILES string of the molecule is CCOC(=O)c1c(C)[nH]c(C)c1C(=O)Cn1ncc(=O)c2ccccc21. The van der Waals surface area contributed by atoms with Gasteiger partial charge in [0, 0.05) is 16.8 Å². The minimum Gasteiger partial charge on any atom is -0.462 e. The molecule has 0 bridgehead atoms. The molecule has 0 aliphatic carbocycles. The van der Waals surface area contributed by atoms with Gasteiger partial charge in [-0.1, -0.05) is 12.1 Å². The average Bonchev–Trinajstić information content (AvgIpc) is 2.92. The number of benzene rings is 1. The zero-order valence-electron chi connectivity index (χ0n) is 14.8. The van der Waals surface area contributed by atoms with E-state index in [1.54, 1.807) is 45.0 Å². The minimum absolute atomic E-state index is 0.0919. The van der Waals surface area contributed by atoms with Crippen LogP contribution in [0.3, 0.4) is 0 Å². The fourth-order valence-electron chi connectivity index (χ4n) is 3.09. The number of carbonyl (C=O) groups is 2. The van der Waals surface area contributed by atoms with Crippen molar-refractivity contribution in [1.82, 2.24) is 14.8 Å². The quantitative estimate of drug-likeness (QED) is 0.561. The number of rotatable bonds is 5. The van der Waals surface area contributed by atoms with Crippen molar-refractivity contribution in [3.63, 3.8) is 0 Å². The van der Waals surface area contributed by atoms with E-state index >= 15 is 0 Å². The van der Waals surface area contributed by atoms with Crippen LogP contribution in [-0.4, -0.2) is 33.1 Å². The van der Waals surface area contributed by atoms with Gasteiger partial charge in [0.25, 0.3) is 0 Å². The standard InChI is InChI=1S/C19H19N3O4/c1-4-26-19(25)18-12(3)21-11(2)17(18)16(24)10-22-14-8-6-5-7-13(14)15(23)9-20-22/h5-9,21H,4,10H2,1-3H3. The highest BCUT2D eigenvalue weighted by Crippen LogP contribution is 2.21. The van der Waals surface area contributed by atoms with E-state index in [2.05, 4.69) is 10.1 Å². The lowest BCUT2D eigenvalue weighted by atomic mass is 10.0. The number of esters is 1. The molecular weight excluding hydrogens is 334 g/mol. The molecule has 0 saturated carbocycles. The molecule has 26 heavy (non-hydrogen) atoms. The molecule has 0 saturated heterocycles. The van der Waals surface area contributed by atoms with Gasteiger partial charge in [0.2, 0.25) is 5.43 Å². The van der Waals surface area contributed by atoms with Crippen LogP contribution in [0.1, 0.15) is 39.0 Å². The maximum absolute atomic E-state index is 12.9. The molecule has 0 aliphatic rings. The Morgan fingerprint density at radius 2 is 1.85 bits per heavy atom. The number of carbonyl (C=O) groups excluding carboxylic acids is 2. The maximum atomic E-state index is 12.9. The number of aromatic nitrogens is 3. The first-order chi connectivity index (χ1) is 12.4. The predicted octanol–water partition coefficient (Wildman–Crippen LogP) is 2.40. The lowest BCUT2D eigenvalue weighted by Gasteiger charge is -2.10. The molecule has 0 atom stereocenters. The van der Waals surface area contributed by atoms with Gasteiger partial charge in [-0.25, -0.2) is 4.79 Å². The second-order valence-electron chi connectivity index (χ2n) is 5.95. The zero-order valence-corrected chi connectivity index (χ0v) is 14.8. The molecule has 0 fully saturated rings. The largest absolute Gasteiger partial charge is 0.462 e. The van der Waals surface area contributed by atoms with E-state index in [0.29, 0.717) is 27.9 Å². The van der Waals surface area contributed by atoms with Crippen LogP contribution in [0.15, 0.2) is 35.3 Å². The van der Waals surface area contributed by atoms with Gasteiger partial charge in [-0.3, -0.25) is 14.3 Å². The van der Waals surface area contributed by atoms with Gasteiger partial charge in [-0.2, -0.15) is 5.10 Å². The second-order valence-corrected chi connectivity index (χ2v) is 5.95. The van der Waals surface area contributed by atoms with E-state index in [9.17, 15) is 14.4 Å². The predicted molar refractivity (Wildman–Crippen MR) is 96.6 cm³/mol. The van der Waals surface area contributed by atoms with Crippen LogP contribution in [0, 0.1) is 13.8 Å². The highest BCUT2D eigenvalue weighted by Gasteiger charge is 2.25. The van der Waals surface area contributed by atoms with E-state index in [0.717, 1.165) is 0 Å².